The first-order chi connectivity index (χ1) is 9.92. The largest absolute Gasteiger partial charge is 0.389 e. The van der Waals surface area contributed by atoms with Crippen LogP contribution in [0.25, 0.3) is 0 Å². The number of nitrogens with one attached hydrogen (secondary N) is 1. The third kappa shape index (κ3) is 7.94. The summed E-state index contributed by atoms with van der Waals surface area (Å²) in [5.41, 5.74) is 1.20. The molecule has 3 nitrogen and oxygen atoms in total. The highest BCUT2D eigenvalue weighted by Crippen LogP contribution is 2.22. The number of aliphatic imine (C=N–C) groups is 1. The topological polar surface area (TPSA) is 27.6 Å². The molecule has 0 bridgehead atoms. The normalized spacial score (nSPS) is 12.5. The summed E-state index contributed by atoms with van der Waals surface area (Å²) in [6.45, 7) is 3.84. The fourth-order valence-electron chi connectivity index (χ4n) is 1.82. The molecule has 0 unspecified atom stereocenters. The van der Waals surface area contributed by atoms with E-state index in [4.69, 9.17) is 0 Å². The van der Waals surface area contributed by atoms with Crippen molar-refractivity contribution < 1.29 is 13.2 Å². The van der Waals surface area contributed by atoms with Crippen molar-refractivity contribution in [2.45, 2.75) is 38.9 Å². The van der Waals surface area contributed by atoms with Crippen LogP contribution in [0.2, 0.25) is 0 Å². The third-order valence-electron chi connectivity index (χ3n) is 2.83. The monoisotopic (exact) mass is 321 g/mol. The van der Waals surface area contributed by atoms with Crippen molar-refractivity contribution in [2.75, 3.05) is 20.1 Å². The zero-order valence-corrected chi connectivity index (χ0v) is 13.2. The first-order valence-corrected chi connectivity index (χ1v) is 7.94. The molecule has 1 aromatic heterocycles. The Morgan fingerprint density at radius 2 is 2.14 bits per heavy atom. The molecule has 0 aromatic carbocycles. The molecule has 0 spiro atoms. The van der Waals surface area contributed by atoms with E-state index in [1.807, 2.05) is 30.3 Å². The zero-order chi connectivity index (χ0) is 15.7. The average molecular weight is 321 g/mol. The number of rotatable bonds is 7. The molecular weight excluding hydrogens is 299 g/mol. The second kappa shape index (κ2) is 8.92. The van der Waals surface area contributed by atoms with Gasteiger partial charge in [-0.05, 0) is 42.2 Å². The number of hydrogen-bond donors (Lipinski definition) is 1. The van der Waals surface area contributed by atoms with Crippen molar-refractivity contribution in [3.05, 3.63) is 22.4 Å². The molecule has 1 N–H and O–H groups in total. The van der Waals surface area contributed by atoms with E-state index in [0.29, 0.717) is 13.0 Å². The van der Waals surface area contributed by atoms with Gasteiger partial charge >= 0.3 is 6.18 Å². The minimum absolute atomic E-state index is 0.126. The molecule has 0 amide bonds. The van der Waals surface area contributed by atoms with Gasteiger partial charge in [0.15, 0.2) is 5.96 Å². The van der Waals surface area contributed by atoms with Crippen LogP contribution in [0.15, 0.2) is 21.8 Å². The molecule has 0 aliphatic carbocycles. The molecule has 21 heavy (non-hydrogen) atoms. The van der Waals surface area contributed by atoms with Crippen molar-refractivity contribution in [3.63, 3.8) is 0 Å². The number of guanidine groups is 1. The fraction of sp³-hybridized carbons (Fsp3) is 0.643. The molecule has 7 heteroatoms. The smallest absolute Gasteiger partial charge is 0.357 e. The van der Waals surface area contributed by atoms with Crippen LogP contribution < -0.4 is 5.32 Å². The summed E-state index contributed by atoms with van der Waals surface area (Å²) >= 11 is 1.64. The lowest BCUT2D eigenvalue weighted by molar-refractivity contribution is -0.135. The second-order valence-corrected chi connectivity index (χ2v) is 5.58. The minimum atomic E-state index is -4.07. The van der Waals surface area contributed by atoms with Crippen LogP contribution in [0.1, 0.15) is 31.7 Å². The van der Waals surface area contributed by atoms with Crippen molar-refractivity contribution in [3.8, 4) is 0 Å². The molecule has 0 aliphatic heterocycles. The van der Waals surface area contributed by atoms with E-state index < -0.39 is 12.6 Å². The summed E-state index contributed by atoms with van der Waals surface area (Å²) in [6, 6.07) is 2.05. The Kier molecular flexibility index (Phi) is 7.56. The Bertz CT molecular complexity index is 416. The summed E-state index contributed by atoms with van der Waals surface area (Å²) in [4.78, 5) is 6.36. The Morgan fingerprint density at radius 1 is 1.38 bits per heavy atom. The highest BCUT2D eigenvalue weighted by molar-refractivity contribution is 7.07. The molecule has 0 aliphatic rings. The lowest BCUT2D eigenvalue weighted by Gasteiger charge is -2.21. The van der Waals surface area contributed by atoms with E-state index >= 15 is 0 Å². The number of halogens is 3. The van der Waals surface area contributed by atoms with Crippen LogP contribution in [0.5, 0.6) is 0 Å². The van der Waals surface area contributed by atoms with Crippen molar-refractivity contribution in [1.29, 1.82) is 0 Å². The van der Waals surface area contributed by atoms with E-state index in [0.717, 1.165) is 19.0 Å². The summed E-state index contributed by atoms with van der Waals surface area (Å²) in [5, 5.41) is 7.25. The summed E-state index contributed by atoms with van der Waals surface area (Å²) in [5.74, 6) is 0.732. The average Bonchev–Trinajstić information content (AvgIpc) is 2.88. The van der Waals surface area contributed by atoms with Gasteiger partial charge in [0, 0.05) is 33.1 Å². The van der Waals surface area contributed by atoms with E-state index in [1.165, 1.54) is 5.56 Å². The Balaban J connectivity index is 2.41. The van der Waals surface area contributed by atoms with E-state index in [9.17, 15) is 13.2 Å². The Morgan fingerprint density at radius 3 is 2.71 bits per heavy atom. The molecule has 1 aromatic rings. The predicted molar refractivity (Wildman–Crippen MR) is 81.7 cm³/mol. The van der Waals surface area contributed by atoms with Gasteiger partial charge in [-0.25, -0.2) is 0 Å². The van der Waals surface area contributed by atoms with Gasteiger partial charge in [-0.15, -0.1) is 0 Å². The van der Waals surface area contributed by atoms with Gasteiger partial charge in [0.1, 0.15) is 0 Å². The SMILES string of the molecule is CCNC(=NCCCCC(F)(F)F)N(C)Cc1ccsc1. The summed E-state index contributed by atoms with van der Waals surface area (Å²) < 4.78 is 36.1. The van der Waals surface area contributed by atoms with Gasteiger partial charge in [0.25, 0.3) is 0 Å². The van der Waals surface area contributed by atoms with Gasteiger partial charge in [0.2, 0.25) is 0 Å². The second-order valence-electron chi connectivity index (χ2n) is 4.80. The Hall–Kier alpha value is -1.24. The van der Waals surface area contributed by atoms with Crippen LogP contribution in [0, 0.1) is 0 Å². The molecule has 0 fully saturated rings. The molecule has 0 radical (unpaired) electrons. The van der Waals surface area contributed by atoms with Gasteiger partial charge < -0.3 is 10.2 Å². The Labute approximate surface area is 127 Å². The van der Waals surface area contributed by atoms with Gasteiger partial charge in [-0.2, -0.15) is 24.5 Å². The van der Waals surface area contributed by atoms with Crippen LogP contribution in [0.3, 0.4) is 0 Å². The van der Waals surface area contributed by atoms with E-state index in [-0.39, 0.29) is 6.42 Å². The van der Waals surface area contributed by atoms with Gasteiger partial charge in [-0.1, -0.05) is 0 Å². The number of alkyl halides is 3. The van der Waals surface area contributed by atoms with Crippen molar-refractivity contribution in [1.82, 2.24) is 10.2 Å². The number of hydrogen-bond acceptors (Lipinski definition) is 2. The van der Waals surface area contributed by atoms with Gasteiger partial charge in [0.05, 0.1) is 0 Å². The number of nitrogens with zero attached hydrogens (tertiary/aromatic N) is 2. The maximum Gasteiger partial charge on any atom is 0.389 e. The zero-order valence-electron chi connectivity index (χ0n) is 12.4. The van der Waals surface area contributed by atoms with E-state index in [2.05, 4.69) is 15.7 Å². The maximum atomic E-state index is 12.0. The van der Waals surface area contributed by atoms with Crippen LogP contribution in [-0.2, 0) is 6.54 Å². The van der Waals surface area contributed by atoms with Crippen molar-refractivity contribution >= 4 is 17.3 Å². The number of unbranched alkanes of at least 4 members (excludes halogenated alkanes) is 1. The first-order valence-electron chi connectivity index (χ1n) is 6.99. The molecular formula is C14H22F3N3S. The van der Waals surface area contributed by atoms with Crippen LogP contribution in [0.4, 0.5) is 13.2 Å². The minimum Gasteiger partial charge on any atom is -0.357 e. The molecule has 1 heterocycles. The highest BCUT2D eigenvalue weighted by Gasteiger charge is 2.25. The molecule has 0 saturated heterocycles. The first kappa shape index (κ1) is 17.8. The fourth-order valence-corrected chi connectivity index (χ4v) is 2.48. The van der Waals surface area contributed by atoms with Gasteiger partial charge in [-0.3, -0.25) is 4.99 Å². The molecule has 1 rings (SSSR count). The highest BCUT2D eigenvalue weighted by atomic mass is 32.1. The standard InChI is InChI=1S/C14H22F3N3S/c1-3-18-13(19-8-5-4-7-14(15,16)17)20(2)10-12-6-9-21-11-12/h6,9,11H,3-5,7-8,10H2,1-2H3,(H,18,19). The third-order valence-corrected chi connectivity index (χ3v) is 3.56. The molecule has 120 valence electrons. The lowest BCUT2D eigenvalue weighted by Crippen LogP contribution is -2.38. The van der Waals surface area contributed by atoms with Crippen LogP contribution in [-0.4, -0.2) is 37.2 Å². The van der Waals surface area contributed by atoms with E-state index in [1.54, 1.807) is 11.3 Å². The molecule has 0 saturated carbocycles. The van der Waals surface area contributed by atoms with Crippen molar-refractivity contribution in [2.24, 2.45) is 4.99 Å². The van der Waals surface area contributed by atoms with Crippen LogP contribution >= 0.6 is 11.3 Å². The number of thiophene rings is 1. The quantitative estimate of drug-likeness (QED) is 0.469. The maximum absolute atomic E-state index is 12.0. The predicted octanol–water partition coefficient (Wildman–Crippen LogP) is 3.88. The summed E-state index contributed by atoms with van der Waals surface area (Å²) in [7, 11) is 1.93. The summed E-state index contributed by atoms with van der Waals surface area (Å²) in [6.07, 6.45) is -4.23. The lowest BCUT2D eigenvalue weighted by atomic mass is 10.2. The molecule has 0 atom stereocenters.